The SMILES string of the molecule is C=CCCC1CCC(c2ccc(C3CCC4CC(COc5ccc(OCC)c(F)c5F)CCC4C3)cc2)CC1. The first-order valence-corrected chi connectivity index (χ1v) is 15.5. The molecule has 0 heterocycles. The molecular formula is C35H46F2O2. The number of hydrogen-bond acceptors (Lipinski definition) is 2. The Kier molecular flexibility index (Phi) is 9.63. The molecule has 0 saturated heterocycles. The lowest BCUT2D eigenvalue weighted by atomic mass is 9.64. The van der Waals surface area contributed by atoms with Gasteiger partial charge in [-0.15, -0.1) is 6.58 Å². The number of halogens is 2. The summed E-state index contributed by atoms with van der Waals surface area (Å²) < 4.78 is 39.5. The van der Waals surface area contributed by atoms with E-state index in [1.165, 1.54) is 75.5 Å². The van der Waals surface area contributed by atoms with Gasteiger partial charge in [0.05, 0.1) is 13.2 Å². The van der Waals surface area contributed by atoms with E-state index in [4.69, 9.17) is 9.47 Å². The van der Waals surface area contributed by atoms with Crippen molar-refractivity contribution in [3.63, 3.8) is 0 Å². The van der Waals surface area contributed by atoms with Crippen LogP contribution in [0.15, 0.2) is 49.1 Å². The molecule has 3 aliphatic carbocycles. The second kappa shape index (κ2) is 13.3. The summed E-state index contributed by atoms with van der Waals surface area (Å²) in [7, 11) is 0. The summed E-state index contributed by atoms with van der Waals surface area (Å²) in [5, 5.41) is 0. The van der Waals surface area contributed by atoms with E-state index in [1.807, 2.05) is 0 Å². The van der Waals surface area contributed by atoms with Gasteiger partial charge in [-0.05, 0) is 143 Å². The van der Waals surface area contributed by atoms with Crippen molar-refractivity contribution in [1.82, 2.24) is 0 Å². The third-order valence-electron chi connectivity index (χ3n) is 10.0. The topological polar surface area (TPSA) is 18.5 Å². The van der Waals surface area contributed by atoms with Crippen LogP contribution in [0.25, 0.3) is 0 Å². The van der Waals surface area contributed by atoms with Crippen LogP contribution in [0.2, 0.25) is 0 Å². The third kappa shape index (κ3) is 6.87. The molecular weight excluding hydrogens is 490 g/mol. The normalized spacial score (nSPS) is 28.9. The highest BCUT2D eigenvalue weighted by Crippen LogP contribution is 2.48. The molecule has 3 fully saturated rings. The maximum Gasteiger partial charge on any atom is 0.204 e. The second-order valence-electron chi connectivity index (χ2n) is 12.4. The molecule has 0 radical (unpaired) electrons. The van der Waals surface area contributed by atoms with Crippen LogP contribution in [0, 0.1) is 35.3 Å². The number of allylic oxidation sites excluding steroid dienone is 1. The Morgan fingerprint density at radius 3 is 1.95 bits per heavy atom. The van der Waals surface area contributed by atoms with E-state index in [-0.39, 0.29) is 11.5 Å². The fraction of sp³-hybridized carbons (Fsp3) is 0.600. The van der Waals surface area contributed by atoms with Crippen LogP contribution in [0.1, 0.15) is 107 Å². The standard InChI is InChI=1S/C35H46F2O2/c1-3-5-6-24-7-10-26(11-8-24)27-13-15-28(16-14-27)30-18-17-29-21-25(9-12-31(29)22-30)23-39-33-20-19-32(38-4-2)34(36)35(33)37/h3,13-16,19-20,24-26,29-31H,1,4-12,17-18,21-23H2,2H3. The monoisotopic (exact) mass is 536 g/mol. The average molecular weight is 537 g/mol. The lowest BCUT2D eigenvalue weighted by Crippen LogP contribution is -2.32. The van der Waals surface area contributed by atoms with Crippen LogP contribution >= 0.6 is 0 Å². The van der Waals surface area contributed by atoms with Crippen LogP contribution in [-0.2, 0) is 0 Å². The van der Waals surface area contributed by atoms with E-state index in [0.717, 1.165) is 42.9 Å². The van der Waals surface area contributed by atoms with Crippen molar-refractivity contribution in [3.8, 4) is 11.5 Å². The lowest BCUT2D eigenvalue weighted by Gasteiger charge is -2.42. The number of hydrogen-bond donors (Lipinski definition) is 0. The van der Waals surface area contributed by atoms with Gasteiger partial charge in [-0.3, -0.25) is 0 Å². The van der Waals surface area contributed by atoms with Crippen molar-refractivity contribution in [3.05, 3.63) is 71.8 Å². The van der Waals surface area contributed by atoms with E-state index < -0.39 is 11.6 Å². The van der Waals surface area contributed by atoms with Crippen LogP contribution in [0.4, 0.5) is 8.78 Å². The summed E-state index contributed by atoms with van der Waals surface area (Å²) in [6.07, 6.45) is 17.2. The largest absolute Gasteiger partial charge is 0.491 e. The van der Waals surface area contributed by atoms with Gasteiger partial charge in [0.25, 0.3) is 0 Å². The molecule has 4 unspecified atom stereocenters. The Bertz CT molecular complexity index is 1070. The summed E-state index contributed by atoms with van der Waals surface area (Å²) >= 11 is 0. The van der Waals surface area contributed by atoms with Gasteiger partial charge >= 0.3 is 0 Å². The molecule has 0 spiro atoms. The van der Waals surface area contributed by atoms with E-state index in [9.17, 15) is 8.78 Å². The van der Waals surface area contributed by atoms with Crippen LogP contribution in [0.5, 0.6) is 11.5 Å². The number of benzene rings is 2. The maximum atomic E-state index is 14.4. The Balaban J connectivity index is 1.08. The van der Waals surface area contributed by atoms with Gasteiger partial charge in [-0.2, -0.15) is 8.78 Å². The van der Waals surface area contributed by atoms with Crippen LogP contribution < -0.4 is 9.47 Å². The molecule has 0 aromatic heterocycles. The highest BCUT2D eigenvalue weighted by Gasteiger charge is 2.36. The molecule has 0 amide bonds. The predicted octanol–water partition coefficient (Wildman–Crippen LogP) is 9.98. The highest BCUT2D eigenvalue weighted by molar-refractivity contribution is 5.35. The van der Waals surface area contributed by atoms with Gasteiger partial charge in [0.2, 0.25) is 11.6 Å². The minimum atomic E-state index is -0.962. The quantitative estimate of drug-likeness (QED) is 0.281. The van der Waals surface area contributed by atoms with E-state index in [0.29, 0.717) is 25.0 Å². The molecule has 2 aromatic rings. The molecule has 212 valence electrons. The first-order valence-electron chi connectivity index (χ1n) is 15.5. The molecule has 3 aliphatic rings. The van der Waals surface area contributed by atoms with Crippen molar-refractivity contribution in [2.24, 2.45) is 23.7 Å². The zero-order chi connectivity index (χ0) is 27.2. The molecule has 39 heavy (non-hydrogen) atoms. The predicted molar refractivity (Wildman–Crippen MR) is 155 cm³/mol. The van der Waals surface area contributed by atoms with E-state index in [2.05, 4.69) is 36.9 Å². The van der Waals surface area contributed by atoms with Crippen molar-refractivity contribution < 1.29 is 18.3 Å². The molecule has 2 nitrogen and oxygen atoms in total. The summed E-state index contributed by atoms with van der Waals surface area (Å²) in [5.41, 5.74) is 3.06. The van der Waals surface area contributed by atoms with Crippen molar-refractivity contribution in [2.75, 3.05) is 13.2 Å². The Labute approximate surface area is 234 Å². The molecule has 4 atom stereocenters. The number of ether oxygens (including phenoxy) is 2. The summed E-state index contributed by atoms with van der Waals surface area (Å²) in [5.74, 6) is 2.22. The fourth-order valence-electron chi connectivity index (χ4n) is 7.72. The van der Waals surface area contributed by atoms with E-state index in [1.54, 1.807) is 12.5 Å². The Morgan fingerprint density at radius 1 is 0.718 bits per heavy atom. The zero-order valence-electron chi connectivity index (χ0n) is 23.7. The first-order chi connectivity index (χ1) is 19.1. The molecule has 0 aliphatic heterocycles. The minimum absolute atomic E-state index is 0.00836. The van der Waals surface area contributed by atoms with Gasteiger partial charge in [0.1, 0.15) is 0 Å². The second-order valence-corrected chi connectivity index (χ2v) is 12.4. The Hall–Kier alpha value is -2.36. The van der Waals surface area contributed by atoms with Crippen LogP contribution in [-0.4, -0.2) is 13.2 Å². The highest BCUT2D eigenvalue weighted by atomic mass is 19.2. The molecule has 0 bridgehead atoms. The number of rotatable bonds is 10. The van der Waals surface area contributed by atoms with Gasteiger partial charge in [0, 0.05) is 0 Å². The molecule has 2 aromatic carbocycles. The molecule has 0 N–H and O–H groups in total. The summed E-state index contributed by atoms with van der Waals surface area (Å²) in [6.45, 7) is 6.38. The third-order valence-corrected chi connectivity index (χ3v) is 10.0. The number of fused-ring (bicyclic) bond motifs is 1. The first kappa shape index (κ1) is 28.2. The van der Waals surface area contributed by atoms with Gasteiger partial charge in [-0.1, -0.05) is 30.3 Å². The maximum absolute atomic E-state index is 14.4. The summed E-state index contributed by atoms with van der Waals surface area (Å²) in [6, 6.07) is 12.6. The van der Waals surface area contributed by atoms with Gasteiger partial charge in [0.15, 0.2) is 11.5 Å². The Morgan fingerprint density at radius 2 is 1.28 bits per heavy atom. The summed E-state index contributed by atoms with van der Waals surface area (Å²) in [4.78, 5) is 0. The smallest absolute Gasteiger partial charge is 0.204 e. The van der Waals surface area contributed by atoms with Crippen molar-refractivity contribution >= 4 is 0 Å². The molecule has 5 rings (SSSR count). The minimum Gasteiger partial charge on any atom is -0.491 e. The zero-order valence-corrected chi connectivity index (χ0v) is 23.7. The van der Waals surface area contributed by atoms with Crippen LogP contribution in [0.3, 0.4) is 0 Å². The van der Waals surface area contributed by atoms with Gasteiger partial charge in [-0.25, -0.2) is 0 Å². The molecule has 3 saturated carbocycles. The fourth-order valence-corrected chi connectivity index (χ4v) is 7.72. The van der Waals surface area contributed by atoms with Gasteiger partial charge < -0.3 is 9.47 Å². The molecule has 4 heteroatoms. The lowest BCUT2D eigenvalue weighted by molar-refractivity contribution is 0.0901. The van der Waals surface area contributed by atoms with E-state index >= 15 is 0 Å². The average Bonchev–Trinajstić information content (AvgIpc) is 2.98. The van der Waals surface area contributed by atoms with Crippen molar-refractivity contribution in [2.45, 2.75) is 95.8 Å². The van der Waals surface area contributed by atoms with Crippen molar-refractivity contribution in [1.29, 1.82) is 0 Å².